The Bertz CT molecular complexity index is 1560. The first-order valence-corrected chi connectivity index (χ1v) is 11.3. The van der Waals surface area contributed by atoms with Crippen LogP contribution in [-0.4, -0.2) is 28.7 Å². The number of alkyl carbamates (subject to hydrolysis) is 1. The summed E-state index contributed by atoms with van der Waals surface area (Å²) in [4.78, 5) is 28.3. The Morgan fingerprint density at radius 1 is 1.11 bits per heavy atom. The molecule has 176 valence electrons. The minimum atomic E-state index is -0.545. The van der Waals surface area contributed by atoms with Gasteiger partial charge in [0.25, 0.3) is 5.56 Å². The van der Waals surface area contributed by atoms with Crippen molar-refractivity contribution < 1.29 is 13.9 Å². The first-order valence-electron chi connectivity index (χ1n) is 11.3. The van der Waals surface area contributed by atoms with Gasteiger partial charge in [-0.05, 0) is 60.9 Å². The Morgan fingerprint density at radius 3 is 2.80 bits per heavy atom. The molecule has 1 aliphatic rings. The summed E-state index contributed by atoms with van der Waals surface area (Å²) >= 11 is 0. The van der Waals surface area contributed by atoms with Gasteiger partial charge in [-0.3, -0.25) is 10.1 Å². The van der Waals surface area contributed by atoms with Crippen LogP contribution in [0, 0.1) is 12.7 Å². The molecular weight excluding hydrogens is 447 g/mol. The van der Waals surface area contributed by atoms with E-state index in [1.54, 1.807) is 25.1 Å². The summed E-state index contributed by atoms with van der Waals surface area (Å²) in [5, 5.41) is 10.8. The average molecular weight is 471 g/mol. The Hall–Kier alpha value is -4.33. The number of carbonyl (C=O) groups excluding carboxylic acids is 1. The molecule has 0 unspecified atom stereocenters. The van der Waals surface area contributed by atoms with Crippen LogP contribution in [0.4, 0.5) is 14.9 Å². The van der Waals surface area contributed by atoms with Gasteiger partial charge in [0.15, 0.2) is 0 Å². The second-order valence-corrected chi connectivity index (χ2v) is 8.46. The van der Waals surface area contributed by atoms with Gasteiger partial charge in [-0.25, -0.2) is 19.3 Å². The number of nitrogens with one attached hydrogen (secondary N) is 2. The van der Waals surface area contributed by atoms with E-state index in [0.717, 1.165) is 22.1 Å². The molecule has 3 aromatic carbocycles. The zero-order valence-electron chi connectivity index (χ0n) is 19.3. The van der Waals surface area contributed by atoms with Crippen molar-refractivity contribution >= 4 is 28.4 Å². The molecule has 8 heteroatoms. The predicted octanol–water partition coefficient (Wildman–Crippen LogP) is 4.96. The van der Waals surface area contributed by atoms with Crippen molar-refractivity contribution in [1.82, 2.24) is 15.5 Å². The number of amides is 1. The van der Waals surface area contributed by atoms with Gasteiger partial charge in [-0.15, -0.1) is 0 Å². The first kappa shape index (κ1) is 22.5. The minimum absolute atomic E-state index is 0.237. The van der Waals surface area contributed by atoms with Crippen LogP contribution in [0.3, 0.4) is 0 Å². The highest BCUT2D eigenvalue weighted by atomic mass is 19.1. The minimum Gasteiger partial charge on any atom is -0.450 e. The lowest BCUT2D eigenvalue weighted by Gasteiger charge is -2.10. The van der Waals surface area contributed by atoms with Crippen molar-refractivity contribution in [3.8, 4) is 11.1 Å². The number of halogens is 1. The van der Waals surface area contributed by atoms with E-state index in [-0.39, 0.29) is 18.0 Å². The Balaban J connectivity index is 1.46. The third-order valence-electron chi connectivity index (χ3n) is 5.96. The van der Waals surface area contributed by atoms with E-state index in [1.165, 1.54) is 6.07 Å². The third kappa shape index (κ3) is 4.55. The molecule has 35 heavy (non-hydrogen) atoms. The van der Waals surface area contributed by atoms with Crippen LogP contribution >= 0.6 is 0 Å². The van der Waals surface area contributed by atoms with Crippen molar-refractivity contribution in [2.75, 3.05) is 6.61 Å². The topological polar surface area (TPSA) is 96.4 Å². The van der Waals surface area contributed by atoms with E-state index in [1.807, 2.05) is 37.3 Å². The van der Waals surface area contributed by atoms with Gasteiger partial charge in [-0.1, -0.05) is 29.8 Å². The largest absolute Gasteiger partial charge is 0.450 e. The fourth-order valence-corrected chi connectivity index (χ4v) is 4.27. The number of hydrogen-bond acceptors (Lipinski definition) is 5. The Kier molecular flexibility index (Phi) is 5.86. The van der Waals surface area contributed by atoms with Crippen molar-refractivity contribution in [2.45, 2.75) is 26.7 Å². The maximum atomic E-state index is 14.9. The average Bonchev–Trinajstić information content (AvgIpc) is 3.23. The molecule has 0 spiro atoms. The number of aromatic amines is 1. The fourth-order valence-electron chi connectivity index (χ4n) is 4.27. The zero-order valence-corrected chi connectivity index (χ0v) is 19.3. The molecule has 0 bridgehead atoms. The second kappa shape index (κ2) is 9.13. The van der Waals surface area contributed by atoms with Crippen LogP contribution < -0.4 is 10.9 Å². The number of H-pyrrole nitrogens is 1. The number of nitrogens with zero attached hydrogens (tertiary/aromatic N) is 2. The van der Waals surface area contributed by atoms with Crippen LogP contribution in [0.25, 0.3) is 21.9 Å². The summed E-state index contributed by atoms with van der Waals surface area (Å²) < 4.78 is 19.8. The molecule has 1 aromatic heterocycles. The van der Waals surface area contributed by atoms with Crippen molar-refractivity contribution in [1.29, 1.82) is 0 Å². The van der Waals surface area contributed by atoms with Crippen LogP contribution in [0.15, 0.2) is 64.4 Å². The summed E-state index contributed by atoms with van der Waals surface area (Å²) in [6, 6.07) is 16.1. The van der Waals surface area contributed by atoms with Gasteiger partial charge in [0.1, 0.15) is 11.7 Å². The third-order valence-corrected chi connectivity index (χ3v) is 5.96. The number of hydrogen-bond donors (Lipinski definition) is 2. The number of benzene rings is 3. The number of aromatic nitrogens is 2. The van der Waals surface area contributed by atoms with E-state index < -0.39 is 6.09 Å². The highest BCUT2D eigenvalue weighted by Crippen LogP contribution is 2.33. The monoisotopic (exact) mass is 470 g/mol. The number of fused-ring (bicyclic) bond motifs is 2. The molecule has 1 amide bonds. The normalized spacial score (nSPS) is 12.4. The van der Waals surface area contributed by atoms with E-state index >= 15 is 0 Å². The lowest BCUT2D eigenvalue weighted by molar-refractivity contribution is 0.157. The second-order valence-electron chi connectivity index (χ2n) is 8.46. The first-order chi connectivity index (χ1) is 16.9. The van der Waals surface area contributed by atoms with Gasteiger partial charge in [-0.2, -0.15) is 5.10 Å². The molecule has 2 heterocycles. The predicted molar refractivity (Wildman–Crippen MR) is 133 cm³/mol. The highest BCUT2D eigenvalue weighted by Gasteiger charge is 2.19. The van der Waals surface area contributed by atoms with Crippen LogP contribution in [0.1, 0.15) is 29.3 Å². The maximum Gasteiger partial charge on any atom is 0.412 e. The number of amidine groups is 1. The van der Waals surface area contributed by atoms with Gasteiger partial charge in [0, 0.05) is 23.8 Å². The zero-order chi connectivity index (χ0) is 24.5. The molecule has 0 saturated heterocycles. The van der Waals surface area contributed by atoms with Gasteiger partial charge < -0.3 is 4.74 Å². The van der Waals surface area contributed by atoms with Gasteiger partial charge >= 0.3 is 6.09 Å². The SMILES string of the molecule is CCOC(=O)NC1=Nc2cc(-c3cc(Cc4n[nH]c(=O)c5ccc(C)cc45)ccc3F)ccc2C1. The van der Waals surface area contributed by atoms with Crippen LogP contribution in [-0.2, 0) is 17.6 Å². The summed E-state index contributed by atoms with van der Waals surface area (Å²) in [7, 11) is 0. The highest BCUT2D eigenvalue weighted by molar-refractivity contribution is 6.01. The molecule has 4 aromatic rings. The summed E-state index contributed by atoms with van der Waals surface area (Å²) in [6.45, 7) is 3.97. The molecule has 0 fully saturated rings. The van der Waals surface area contributed by atoms with Crippen molar-refractivity contribution in [3.05, 3.63) is 93.2 Å². The summed E-state index contributed by atoms with van der Waals surface area (Å²) in [5.74, 6) is 0.145. The standard InChI is InChI=1S/C27H23FN4O3/c1-3-35-27(34)30-25-14-18-7-6-17(13-23(18)29-25)20-11-16(5-9-22(20)28)12-24-21-10-15(2)4-8-19(21)26(33)32-31-24/h4-11,13H,3,12,14H2,1-2H3,(H,32,33)(H,29,30,34). The maximum absolute atomic E-state index is 14.9. The smallest absolute Gasteiger partial charge is 0.412 e. The van der Waals surface area contributed by atoms with Gasteiger partial charge in [0.2, 0.25) is 0 Å². The van der Waals surface area contributed by atoms with Crippen molar-refractivity contribution in [2.24, 2.45) is 4.99 Å². The number of aliphatic imine (C=N–C) groups is 1. The van der Waals surface area contributed by atoms with E-state index in [9.17, 15) is 14.0 Å². The number of aryl methyl sites for hydroxylation is 1. The molecule has 0 atom stereocenters. The number of carbonyl (C=O) groups is 1. The van der Waals surface area contributed by atoms with E-state index in [4.69, 9.17) is 4.74 Å². The molecule has 0 radical (unpaired) electrons. The quantitative estimate of drug-likeness (QED) is 0.441. The Labute approximate surface area is 200 Å². The molecule has 1 aliphatic heterocycles. The summed E-state index contributed by atoms with van der Waals surface area (Å²) in [5.41, 5.74) is 5.11. The van der Waals surface area contributed by atoms with Crippen molar-refractivity contribution in [3.63, 3.8) is 0 Å². The number of ether oxygens (including phenoxy) is 1. The van der Waals surface area contributed by atoms with Gasteiger partial charge in [0.05, 0.1) is 23.4 Å². The van der Waals surface area contributed by atoms with Crippen LogP contribution in [0.5, 0.6) is 0 Å². The lowest BCUT2D eigenvalue weighted by Crippen LogP contribution is -2.30. The number of rotatable bonds is 4. The fraction of sp³-hybridized carbons (Fsp3) is 0.185. The molecule has 2 N–H and O–H groups in total. The molecule has 0 saturated carbocycles. The van der Waals surface area contributed by atoms with E-state index in [2.05, 4.69) is 20.5 Å². The molecular formula is C27H23FN4O3. The summed E-state index contributed by atoms with van der Waals surface area (Å²) in [6.07, 6.45) is 0.360. The lowest BCUT2D eigenvalue weighted by atomic mass is 9.97. The molecule has 7 nitrogen and oxygen atoms in total. The molecule has 5 rings (SSSR count). The van der Waals surface area contributed by atoms with Crippen LogP contribution in [0.2, 0.25) is 0 Å². The molecule has 0 aliphatic carbocycles. The Morgan fingerprint density at radius 2 is 1.97 bits per heavy atom. The van der Waals surface area contributed by atoms with E-state index in [0.29, 0.717) is 46.6 Å².